The molecule has 0 bridgehead atoms. The zero-order valence-electron chi connectivity index (χ0n) is 17.9. The molecule has 1 atom stereocenters. The molecule has 1 aromatic heterocycles. The number of hydrogen-bond donors (Lipinski definition) is 2. The zero-order valence-corrected chi connectivity index (χ0v) is 18.7. The summed E-state index contributed by atoms with van der Waals surface area (Å²) in [6, 6.07) is 10.4. The van der Waals surface area contributed by atoms with E-state index in [9.17, 15) is 14.4 Å². The number of carbonyl (C=O) groups excluding carboxylic acids is 3. The molecule has 1 aliphatic rings. The van der Waals surface area contributed by atoms with E-state index in [4.69, 9.17) is 4.74 Å². The third-order valence-electron chi connectivity index (χ3n) is 5.52. The molecule has 3 amide bonds. The lowest BCUT2D eigenvalue weighted by Gasteiger charge is -2.35. The van der Waals surface area contributed by atoms with Gasteiger partial charge in [0.25, 0.3) is 11.8 Å². The van der Waals surface area contributed by atoms with Crippen molar-refractivity contribution in [3.63, 3.8) is 0 Å². The van der Waals surface area contributed by atoms with Crippen LogP contribution in [0.25, 0.3) is 0 Å². The lowest BCUT2D eigenvalue weighted by Crippen LogP contribution is -2.54. The van der Waals surface area contributed by atoms with Crippen molar-refractivity contribution in [3.05, 3.63) is 57.8 Å². The number of nitrogens with zero attached hydrogens (tertiary/aromatic N) is 1. The number of benzene rings is 1. The van der Waals surface area contributed by atoms with Crippen LogP contribution in [0.2, 0.25) is 0 Å². The molecule has 1 aliphatic heterocycles. The topological polar surface area (TPSA) is 87.7 Å². The minimum absolute atomic E-state index is 0.00201. The van der Waals surface area contributed by atoms with E-state index in [-0.39, 0.29) is 23.6 Å². The quantitative estimate of drug-likeness (QED) is 0.614. The van der Waals surface area contributed by atoms with Crippen molar-refractivity contribution in [1.82, 2.24) is 15.5 Å². The molecule has 1 saturated heterocycles. The van der Waals surface area contributed by atoms with Crippen LogP contribution in [0.5, 0.6) is 0 Å². The maximum absolute atomic E-state index is 12.8. The van der Waals surface area contributed by atoms with Gasteiger partial charge in [-0.3, -0.25) is 14.4 Å². The Morgan fingerprint density at radius 2 is 1.87 bits per heavy atom. The molecule has 31 heavy (non-hydrogen) atoms. The second-order valence-electron chi connectivity index (χ2n) is 7.71. The number of piperidine rings is 1. The molecule has 0 spiro atoms. The molecule has 0 saturated carbocycles. The number of hydrogen-bond acceptors (Lipinski definition) is 5. The van der Waals surface area contributed by atoms with Crippen molar-refractivity contribution in [1.29, 1.82) is 0 Å². The number of rotatable bonds is 8. The van der Waals surface area contributed by atoms with Gasteiger partial charge in [-0.1, -0.05) is 23.8 Å². The maximum Gasteiger partial charge on any atom is 0.262 e. The number of aryl methyl sites for hydroxylation is 1. The van der Waals surface area contributed by atoms with Gasteiger partial charge in [0.15, 0.2) is 0 Å². The minimum atomic E-state index is -0.650. The minimum Gasteiger partial charge on any atom is -0.383 e. The normalized spacial score (nSPS) is 15.4. The van der Waals surface area contributed by atoms with Gasteiger partial charge in [-0.15, -0.1) is 11.3 Å². The van der Waals surface area contributed by atoms with Gasteiger partial charge in [0.1, 0.15) is 6.04 Å². The first-order valence-corrected chi connectivity index (χ1v) is 11.3. The Labute approximate surface area is 186 Å². The second kappa shape index (κ2) is 11.1. The highest BCUT2D eigenvalue weighted by molar-refractivity contribution is 7.12. The summed E-state index contributed by atoms with van der Waals surface area (Å²) in [5.74, 6) is -0.513. The molecule has 2 heterocycles. The summed E-state index contributed by atoms with van der Waals surface area (Å²) < 4.78 is 5.00. The molecule has 0 aliphatic carbocycles. The Morgan fingerprint density at radius 3 is 2.48 bits per heavy atom. The average Bonchev–Trinajstić information content (AvgIpc) is 3.33. The van der Waals surface area contributed by atoms with Crippen LogP contribution < -0.4 is 10.6 Å². The van der Waals surface area contributed by atoms with Gasteiger partial charge in [-0.05, 0) is 49.3 Å². The molecule has 166 valence electrons. The highest BCUT2D eigenvalue weighted by Crippen LogP contribution is 2.23. The summed E-state index contributed by atoms with van der Waals surface area (Å²) >= 11 is 1.34. The van der Waals surface area contributed by atoms with Gasteiger partial charge >= 0.3 is 0 Å². The van der Waals surface area contributed by atoms with E-state index < -0.39 is 6.04 Å². The first kappa shape index (κ1) is 23.0. The van der Waals surface area contributed by atoms with E-state index in [1.807, 2.05) is 47.5 Å². The molecular formula is C23H29N3O4S. The molecule has 1 aromatic carbocycles. The van der Waals surface area contributed by atoms with Gasteiger partial charge in [0.05, 0.1) is 11.5 Å². The fourth-order valence-corrected chi connectivity index (χ4v) is 4.35. The highest BCUT2D eigenvalue weighted by atomic mass is 32.1. The maximum atomic E-state index is 12.8. The smallest absolute Gasteiger partial charge is 0.262 e. The number of methoxy groups -OCH3 is 1. The summed E-state index contributed by atoms with van der Waals surface area (Å²) in [6.07, 6.45) is 1.29. The predicted octanol–water partition coefficient (Wildman–Crippen LogP) is 2.47. The fraction of sp³-hybridized carbons (Fsp3) is 0.435. The Hall–Kier alpha value is -2.71. The molecule has 2 aromatic rings. The van der Waals surface area contributed by atoms with E-state index in [1.54, 1.807) is 13.2 Å². The van der Waals surface area contributed by atoms with Gasteiger partial charge in [-0.2, -0.15) is 0 Å². The molecular weight excluding hydrogens is 414 g/mol. The Balaban J connectivity index is 1.64. The molecule has 3 rings (SSSR count). The van der Waals surface area contributed by atoms with Gasteiger partial charge in [0.2, 0.25) is 5.91 Å². The first-order valence-electron chi connectivity index (χ1n) is 10.5. The van der Waals surface area contributed by atoms with Crippen LogP contribution in [0.3, 0.4) is 0 Å². The Morgan fingerprint density at radius 1 is 1.16 bits per heavy atom. The summed E-state index contributed by atoms with van der Waals surface area (Å²) in [5.41, 5.74) is 1.78. The van der Waals surface area contributed by atoms with Gasteiger partial charge < -0.3 is 20.3 Å². The van der Waals surface area contributed by atoms with E-state index >= 15 is 0 Å². The van der Waals surface area contributed by atoms with E-state index in [2.05, 4.69) is 10.6 Å². The largest absolute Gasteiger partial charge is 0.383 e. The Bertz CT molecular complexity index is 875. The van der Waals surface area contributed by atoms with Crippen molar-refractivity contribution < 1.29 is 19.1 Å². The van der Waals surface area contributed by atoms with Gasteiger partial charge in [-0.25, -0.2) is 0 Å². The van der Waals surface area contributed by atoms with Crippen molar-refractivity contribution in [2.45, 2.75) is 25.8 Å². The summed E-state index contributed by atoms with van der Waals surface area (Å²) in [6.45, 7) is 3.87. The Kier molecular flexibility index (Phi) is 8.20. The standard InChI is InChI=1S/C23H29N3O4S/c1-16-5-7-18(8-6-16)23(29)26-12-9-17(10-13-26)20(22(28)24-11-14-30-2)25-21(27)19-4-3-15-31-19/h3-8,15,17,20H,9-14H2,1-2H3,(H,24,28)(H,25,27)/t20-/m1/s1. The number of nitrogens with one attached hydrogen (secondary N) is 2. The van der Waals surface area contributed by atoms with Crippen molar-refractivity contribution >= 4 is 29.1 Å². The van der Waals surface area contributed by atoms with Crippen LogP contribution in [0.15, 0.2) is 41.8 Å². The summed E-state index contributed by atoms with van der Waals surface area (Å²) in [4.78, 5) is 40.6. The number of amides is 3. The highest BCUT2D eigenvalue weighted by Gasteiger charge is 2.34. The third-order valence-corrected chi connectivity index (χ3v) is 6.38. The van der Waals surface area contributed by atoms with Crippen LogP contribution in [-0.4, -0.2) is 62.0 Å². The molecule has 0 unspecified atom stereocenters. The van der Waals surface area contributed by atoms with Crippen molar-refractivity contribution in [3.8, 4) is 0 Å². The van der Waals surface area contributed by atoms with Crippen LogP contribution in [0.1, 0.15) is 38.4 Å². The van der Waals surface area contributed by atoms with E-state index in [0.29, 0.717) is 49.5 Å². The predicted molar refractivity (Wildman–Crippen MR) is 120 cm³/mol. The number of ether oxygens (including phenoxy) is 1. The lowest BCUT2D eigenvalue weighted by atomic mass is 9.88. The van der Waals surface area contributed by atoms with E-state index in [0.717, 1.165) is 5.56 Å². The molecule has 1 fully saturated rings. The lowest BCUT2D eigenvalue weighted by molar-refractivity contribution is -0.124. The number of thiophene rings is 1. The SMILES string of the molecule is COCCNC(=O)[C@H](NC(=O)c1cccs1)C1CCN(C(=O)c2ccc(C)cc2)CC1. The first-order chi connectivity index (χ1) is 15.0. The van der Waals surface area contributed by atoms with E-state index in [1.165, 1.54) is 11.3 Å². The van der Waals surface area contributed by atoms with Crippen LogP contribution >= 0.6 is 11.3 Å². The van der Waals surface area contributed by atoms with Crippen molar-refractivity contribution in [2.75, 3.05) is 33.4 Å². The number of likely N-dealkylation sites (tertiary alicyclic amines) is 1. The zero-order chi connectivity index (χ0) is 22.2. The summed E-state index contributed by atoms with van der Waals surface area (Å²) in [5, 5.41) is 7.59. The molecule has 0 radical (unpaired) electrons. The van der Waals surface area contributed by atoms with Crippen LogP contribution in [0, 0.1) is 12.8 Å². The van der Waals surface area contributed by atoms with Crippen LogP contribution in [0.4, 0.5) is 0 Å². The molecule has 2 N–H and O–H groups in total. The number of carbonyl (C=O) groups is 3. The third kappa shape index (κ3) is 6.15. The molecule has 7 nitrogen and oxygen atoms in total. The monoisotopic (exact) mass is 443 g/mol. The fourth-order valence-electron chi connectivity index (χ4n) is 3.72. The van der Waals surface area contributed by atoms with Crippen LogP contribution in [-0.2, 0) is 9.53 Å². The van der Waals surface area contributed by atoms with Gasteiger partial charge in [0, 0.05) is 32.3 Å². The summed E-state index contributed by atoms with van der Waals surface area (Å²) in [7, 11) is 1.57. The average molecular weight is 444 g/mol. The molecule has 8 heteroatoms. The van der Waals surface area contributed by atoms with Crippen molar-refractivity contribution in [2.24, 2.45) is 5.92 Å². The second-order valence-corrected chi connectivity index (χ2v) is 8.66.